The first-order valence-electron chi connectivity index (χ1n) is 6.44. The monoisotopic (exact) mass is 275 g/mol. The molecule has 1 aromatic heterocycles. The summed E-state index contributed by atoms with van der Waals surface area (Å²) in [6, 6.07) is 5.34. The summed E-state index contributed by atoms with van der Waals surface area (Å²) in [6.45, 7) is 4.04. The van der Waals surface area contributed by atoms with Crippen LogP contribution in [0, 0.1) is 6.92 Å². The molecule has 1 N–H and O–H groups in total. The van der Waals surface area contributed by atoms with Gasteiger partial charge < -0.3 is 15.0 Å². The molecule has 2 amide bonds. The number of nitrogens with zero attached hydrogens (tertiary/aromatic N) is 2. The minimum Gasteiger partial charge on any atom is -0.378 e. The second kappa shape index (κ2) is 6.81. The Kier molecular flexibility index (Phi) is 4.84. The smallest absolute Gasteiger partial charge is 0.249 e. The number of morpholine rings is 1. The third kappa shape index (κ3) is 4.17. The zero-order chi connectivity index (χ0) is 14.4. The average molecular weight is 275 g/mol. The first-order chi connectivity index (χ1) is 9.65. The molecule has 1 saturated heterocycles. The molecule has 6 nitrogen and oxygen atoms in total. The Morgan fingerprint density at radius 1 is 1.30 bits per heavy atom. The molecule has 20 heavy (non-hydrogen) atoms. The topological polar surface area (TPSA) is 71.5 Å². The first-order valence-corrected chi connectivity index (χ1v) is 6.44. The summed E-state index contributed by atoms with van der Waals surface area (Å²) in [7, 11) is 0. The summed E-state index contributed by atoms with van der Waals surface area (Å²) in [6.07, 6.45) is 2.50. The maximum Gasteiger partial charge on any atom is 0.249 e. The minimum absolute atomic E-state index is 0.180. The molecule has 106 valence electrons. The van der Waals surface area contributed by atoms with Gasteiger partial charge in [0.2, 0.25) is 11.8 Å². The summed E-state index contributed by atoms with van der Waals surface area (Å²) >= 11 is 0. The Bertz CT molecular complexity index is 522. The van der Waals surface area contributed by atoms with Gasteiger partial charge in [-0.2, -0.15) is 0 Å². The van der Waals surface area contributed by atoms with Crippen LogP contribution < -0.4 is 5.32 Å². The Hall–Kier alpha value is -2.21. The normalized spacial score (nSPS) is 15.3. The fourth-order valence-corrected chi connectivity index (χ4v) is 1.82. The van der Waals surface area contributed by atoms with Crippen molar-refractivity contribution in [1.29, 1.82) is 0 Å². The van der Waals surface area contributed by atoms with Crippen molar-refractivity contribution in [3.8, 4) is 0 Å². The van der Waals surface area contributed by atoms with Gasteiger partial charge in [-0.1, -0.05) is 6.07 Å². The highest BCUT2D eigenvalue weighted by molar-refractivity contribution is 6.03. The van der Waals surface area contributed by atoms with Crippen LogP contribution in [-0.2, 0) is 14.3 Å². The molecule has 0 atom stereocenters. The highest BCUT2D eigenvalue weighted by atomic mass is 16.5. The van der Waals surface area contributed by atoms with E-state index < -0.39 is 0 Å². The first kappa shape index (κ1) is 14.2. The van der Waals surface area contributed by atoms with Gasteiger partial charge in [0.25, 0.3) is 0 Å². The quantitative estimate of drug-likeness (QED) is 0.826. The number of anilines is 1. The van der Waals surface area contributed by atoms with Crippen molar-refractivity contribution in [1.82, 2.24) is 9.88 Å². The van der Waals surface area contributed by atoms with Crippen LogP contribution in [0.15, 0.2) is 30.4 Å². The van der Waals surface area contributed by atoms with E-state index >= 15 is 0 Å². The maximum absolute atomic E-state index is 11.8. The summed E-state index contributed by atoms with van der Waals surface area (Å²) in [5.41, 5.74) is 0.816. The summed E-state index contributed by atoms with van der Waals surface area (Å²) in [5, 5.41) is 2.61. The van der Waals surface area contributed by atoms with Gasteiger partial charge >= 0.3 is 0 Å². The Morgan fingerprint density at radius 2 is 2.05 bits per heavy atom. The third-order valence-electron chi connectivity index (χ3n) is 2.84. The van der Waals surface area contributed by atoms with E-state index in [9.17, 15) is 9.59 Å². The number of hydrogen-bond donors (Lipinski definition) is 1. The molecule has 6 heteroatoms. The van der Waals surface area contributed by atoms with Gasteiger partial charge in [-0.15, -0.1) is 0 Å². The van der Waals surface area contributed by atoms with Gasteiger partial charge in [-0.05, 0) is 19.1 Å². The highest BCUT2D eigenvalue weighted by Crippen LogP contribution is 2.04. The van der Waals surface area contributed by atoms with E-state index in [4.69, 9.17) is 4.74 Å². The van der Waals surface area contributed by atoms with Crippen LogP contribution in [0.1, 0.15) is 5.69 Å². The van der Waals surface area contributed by atoms with Gasteiger partial charge in [0.15, 0.2) is 0 Å². The lowest BCUT2D eigenvalue weighted by molar-refractivity contribution is -0.130. The number of amides is 2. The van der Waals surface area contributed by atoms with E-state index in [0.29, 0.717) is 32.1 Å². The fraction of sp³-hybridized carbons (Fsp3) is 0.357. The van der Waals surface area contributed by atoms with Gasteiger partial charge in [0.1, 0.15) is 5.82 Å². The second-order valence-corrected chi connectivity index (χ2v) is 4.42. The van der Waals surface area contributed by atoms with E-state index in [1.807, 2.05) is 13.0 Å². The SMILES string of the molecule is Cc1cccc(NC(=O)/C=C/C(=O)N2CCOCC2)n1. The number of rotatable bonds is 3. The Balaban J connectivity index is 1.87. The molecule has 0 spiro atoms. The number of pyridine rings is 1. The molecule has 1 aliphatic heterocycles. The van der Waals surface area contributed by atoms with Crippen LogP contribution in [0.2, 0.25) is 0 Å². The van der Waals surface area contributed by atoms with Crippen LogP contribution in [0.3, 0.4) is 0 Å². The lowest BCUT2D eigenvalue weighted by Crippen LogP contribution is -2.39. The molecule has 1 fully saturated rings. The van der Waals surface area contributed by atoms with Gasteiger partial charge in [-0.3, -0.25) is 9.59 Å². The molecule has 2 heterocycles. The van der Waals surface area contributed by atoms with E-state index in [-0.39, 0.29) is 11.8 Å². The molecule has 1 aromatic rings. The summed E-state index contributed by atoms with van der Waals surface area (Å²) in [5.74, 6) is -0.0798. The number of carbonyl (C=O) groups excluding carboxylic acids is 2. The number of aromatic nitrogens is 1. The van der Waals surface area contributed by atoms with Crippen LogP contribution in [0.25, 0.3) is 0 Å². The molecule has 0 unspecified atom stereocenters. The number of aryl methyl sites for hydroxylation is 1. The zero-order valence-electron chi connectivity index (χ0n) is 11.3. The zero-order valence-corrected chi connectivity index (χ0v) is 11.3. The van der Waals surface area contributed by atoms with E-state index in [0.717, 1.165) is 5.69 Å². The lowest BCUT2D eigenvalue weighted by atomic mass is 10.3. The van der Waals surface area contributed by atoms with Crippen LogP contribution >= 0.6 is 0 Å². The molecule has 2 rings (SSSR count). The maximum atomic E-state index is 11.8. The van der Waals surface area contributed by atoms with Gasteiger partial charge in [0.05, 0.1) is 13.2 Å². The van der Waals surface area contributed by atoms with E-state index in [2.05, 4.69) is 10.3 Å². The van der Waals surface area contributed by atoms with E-state index in [1.54, 1.807) is 17.0 Å². The van der Waals surface area contributed by atoms with Crippen molar-refractivity contribution >= 4 is 17.6 Å². The average Bonchev–Trinajstić information content (AvgIpc) is 2.46. The van der Waals surface area contributed by atoms with Crippen molar-refractivity contribution in [3.63, 3.8) is 0 Å². The van der Waals surface area contributed by atoms with Crippen molar-refractivity contribution in [2.45, 2.75) is 6.92 Å². The predicted molar refractivity (Wildman–Crippen MR) is 74.1 cm³/mol. The largest absolute Gasteiger partial charge is 0.378 e. The number of nitrogens with one attached hydrogen (secondary N) is 1. The standard InChI is InChI=1S/C14H17N3O3/c1-11-3-2-4-12(15-11)16-13(18)5-6-14(19)17-7-9-20-10-8-17/h2-6H,7-10H2,1H3,(H,15,16,18)/b6-5+. The molecule has 1 aliphatic rings. The third-order valence-corrected chi connectivity index (χ3v) is 2.84. The molecular formula is C14H17N3O3. The van der Waals surface area contributed by atoms with Crippen LogP contribution in [0.5, 0.6) is 0 Å². The van der Waals surface area contributed by atoms with Crippen LogP contribution in [0.4, 0.5) is 5.82 Å². The molecule has 0 aliphatic carbocycles. The summed E-state index contributed by atoms with van der Waals surface area (Å²) in [4.78, 5) is 29.3. The Morgan fingerprint density at radius 3 is 2.75 bits per heavy atom. The van der Waals surface area contributed by atoms with Crippen LogP contribution in [-0.4, -0.2) is 48.0 Å². The molecule has 0 saturated carbocycles. The number of ether oxygens (including phenoxy) is 1. The predicted octanol–water partition coefficient (Wildman–Crippen LogP) is 0.744. The molecular weight excluding hydrogens is 258 g/mol. The van der Waals surface area contributed by atoms with Crippen molar-refractivity contribution < 1.29 is 14.3 Å². The van der Waals surface area contributed by atoms with Gasteiger partial charge in [0, 0.05) is 30.9 Å². The van der Waals surface area contributed by atoms with E-state index in [1.165, 1.54) is 12.2 Å². The fourth-order valence-electron chi connectivity index (χ4n) is 1.82. The van der Waals surface area contributed by atoms with Crippen molar-refractivity contribution in [2.24, 2.45) is 0 Å². The van der Waals surface area contributed by atoms with Crippen molar-refractivity contribution in [2.75, 3.05) is 31.6 Å². The number of hydrogen-bond acceptors (Lipinski definition) is 4. The van der Waals surface area contributed by atoms with Gasteiger partial charge in [-0.25, -0.2) is 4.98 Å². The molecule has 0 aromatic carbocycles. The van der Waals surface area contributed by atoms with Crippen molar-refractivity contribution in [3.05, 3.63) is 36.0 Å². The summed E-state index contributed by atoms with van der Waals surface area (Å²) < 4.78 is 5.16. The molecule has 0 radical (unpaired) electrons. The molecule has 0 bridgehead atoms. The number of carbonyl (C=O) groups is 2. The Labute approximate surface area is 117 Å². The minimum atomic E-state index is -0.371. The second-order valence-electron chi connectivity index (χ2n) is 4.42. The lowest BCUT2D eigenvalue weighted by Gasteiger charge is -2.25. The highest BCUT2D eigenvalue weighted by Gasteiger charge is 2.14.